The molecule has 5 nitrogen and oxygen atoms in total. The highest BCUT2D eigenvalue weighted by Gasteiger charge is 2.67. The van der Waals surface area contributed by atoms with Gasteiger partial charge in [-0.3, -0.25) is 19.3 Å². The minimum absolute atomic E-state index is 0.0767. The lowest BCUT2D eigenvalue weighted by Crippen LogP contribution is -2.40. The van der Waals surface area contributed by atoms with Crippen LogP contribution < -0.4 is 10.2 Å². The van der Waals surface area contributed by atoms with Crippen molar-refractivity contribution in [2.45, 2.75) is 20.3 Å². The number of aryl methyl sites for hydroxylation is 2. The summed E-state index contributed by atoms with van der Waals surface area (Å²) in [6.07, 6.45) is 5.50. The van der Waals surface area contributed by atoms with Crippen molar-refractivity contribution < 1.29 is 14.4 Å². The molecule has 0 radical (unpaired) electrons. The van der Waals surface area contributed by atoms with Crippen molar-refractivity contribution in [1.29, 1.82) is 0 Å². The maximum Gasteiger partial charge on any atom is 0.255 e. The van der Waals surface area contributed by atoms with E-state index in [2.05, 4.69) is 17.5 Å². The van der Waals surface area contributed by atoms with E-state index in [-0.39, 0.29) is 41.4 Å². The lowest BCUT2D eigenvalue weighted by atomic mass is 9.63. The molecule has 2 aromatic rings. The third-order valence-corrected chi connectivity index (χ3v) is 7.68. The minimum Gasteiger partial charge on any atom is -0.322 e. The molecule has 4 aliphatic carbocycles. The maximum absolute atomic E-state index is 13.2. The van der Waals surface area contributed by atoms with E-state index in [1.54, 1.807) is 24.3 Å². The fraction of sp³-hybridized carbons (Fsp3) is 0.346. The van der Waals surface area contributed by atoms with Gasteiger partial charge in [0.15, 0.2) is 0 Å². The fourth-order valence-electron chi connectivity index (χ4n) is 6.12. The highest BCUT2D eigenvalue weighted by atomic mass is 16.2. The molecule has 7 rings (SSSR count). The lowest BCUT2D eigenvalue weighted by molar-refractivity contribution is -0.124. The van der Waals surface area contributed by atoms with Gasteiger partial charge in [-0.15, -0.1) is 0 Å². The largest absolute Gasteiger partial charge is 0.322 e. The van der Waals surface area contributed by atoms with Gasteiger partial charge in [0.25, 0.3) is 5.91 Å². The summed E-state index contributed by atoms with van der Waals surface area (Å²) in [7, 11) is 0. The Morgan fingerprint density at radius 1 is 0.903 bits per heavy atom. The highest BCUT2D eigenvalue weighted by molar-refractivity contribution is 6.22. The van der Waals surface area contributed by atoms with Gasteiger partial charge in [-0.05, 0) is 79.8 Å². The molecule has 0 aromatic heterocycles. The van der Waals surface area contributed by atoms with E-state index in [4.69, 9.17) is 0 Å². The van der Waals surface area contributed by atoms with Crippen LogP contribution in [0.2, 0.25) is 0 Å². The van der Waals surface area contributed by atoms with E-state index in [1.807, 2.05) is 32.0 Å². The second kappa shape index (κ2) is 6.39. The van der Waals surface area contributed by atoms with Crippen LogP contribution in [-0.4, -0.2) is 17.7 Å². The van der Waals surface area contributed by atoms with Crippen molar-refractivity contribution in [1.82, 2.24) is 0 Å². The molecular weight excluding hydrogens is 388 g/mol. The first kappa shape index (κ1) is 18.6. The normalized spacial score (nSPS) is 32.1. The van der Waals surface area contributed by atoms with E-state index in [1.165, 1.54) is 4.90 Å². The summed E-state index contributed by atoms with van der Waals surface area (Å²) in [5.74, 6) is 0.812. The van der Waals surface area contributed by atoms with Crippen molar-refractivity contribution in [3.05, 3.63) is 71.3 Å². The molecule has 3 amide bonds. The molecule has 2 aromatic carbocycles. The number of benzene rings is 2. The van der Waals surface area contributed by atoms with Gasteiger partial charge in [0.1, 0.15) is 0 Å². The summed E-state index contributed by atoms with van der Waals surface area (Å²) in [5, 5.41) is 2.94. The number of hydrogen-bond donors (Lipinski definition) is 1. The Hall–Kier alpha value is -3.21. The van der Waals surface area contributed by atoms with E-state index >= 15 is 0 Å². The number of anilines is 2. The number of carbonyl (C=O) groups is 3. The molecule has 0 unspecified atom stereocenters. The number of amides is 3. The number of carbonyl (C=O) groups excluding carboxylic acids is 3. The Morgan fingerprint density at radius 3 is 2.10 bits per heavy atom. The molecule has 5 aliphatic rings. The third-order valence-electron chi connectivity index (χ3n) is 7.68. The molecule has 156 valence electrons. The molecule has 1 aliphatic heterocycles. The molecule has 5 heteroatoms. The average Bonchev–Trinajstić information content (AvgIpc) is 3.54. The van der Waals surface area contributed by atoms with Gasteiger partial charge in [0.2, 0.25) is 11.8 Å². The zero-order valence-corrected chi connectivity index (χ0v) is 17.5. The van der Waals surface area contributed by atoms with E-state index in [0.29, 0.717) is 23.1 Å². The Morgan fingerprint density at radius 2 is 1.52 bits per heavy atom. The Labute approximate surface area is 181 Å². The topological polar surface area (TPSA) is 66.5 Å². The number of nitrogens with zero attached hydrogens (tertiary/aromatic N) is 1. The molecule has 2 bridgehead atoms. The van der Waals surface area contributed by atoms with Crippen LogP contribution in [0.1, 0.15) is 27.9 Å². The molecular formula is C26H24N2O3. The molecule has 3 fully saturated rings. The Kier molecular flexibility index (Phi) is 3.83. The first-order valence-electron chi connectivity index (χ1n) is 11.0. The zero-order chi connectivity index (χ0) is 21.4. The highest BCUT2D eigenvalue weighted by Crippen LogP contribution is 2.65. The fourth-order valence-corrected chi connectivity index (χ4v) is 6.12. The number of allylic oxidation sites excluding steroid dienone is 2. The standard InChI is InChI=1S/C26H24N2O3/c1-13-3-10-21(14(2)11-13)27-24(29)15-4-6-16(7-5-15)28-25(30)22-17-8-9-18(20-12-19(17)20)23(22)26(28)31/h3-11,17-20,22-23H,12H2,1-2H3,(H,27,29)/t17-,18-,19-,20+,22+,23+/m0/s1. The average molecular weight is 412 g/mol. The van der Waals surface area contributed by atoms with Crippen molar-refractivity contribution in [3.8, 4) is 0 Å². The third kappa shape index (κ3) is 2.65. The summed E-state index contributed by atoms with van der Waals surface area (Å²) in [6, 6.07) is 12.7. The summed E-state index contributed by atoms with van der Waals surface area (Å²) >= 11 is 0. The molecule has 0 spiro atoms. The summed E-state index contributed by atoms with van der Waals surface area (Å²) in [4.78, 5) is 40.5. The number of imide groups is 1. The number of nitrogens with one attached hydrogen (secondary N) is 1. The van der Waals surface area contributed by atoms with Crippen LogP contribution in [0.15, 0.2) is 54.6 Å². The SMILES string of the molecule is Cc1ccc(NC(=O)c2ccc(N3C(=O)[C@@H]4[C@H]5C=C[C@@H]([C@@H]6C[C@H]56)[C@H]4C3=O)cc2)c(C)c1. The first-order valence-corrected chi connectivity index (χ1v) is 11.0. The molecule has 31 heavy (non-hydrogen) atoms. The van der Waals surface area contributed by atoms with Crippen molar-refractivity contribution >= 4 is 29.1 Å². The predicted octanol–water partition coefficient (Wildman–Crippen LogP) is 4.11. The monoisotopic (exact) mass is 412 g/mol. The molecule has 1 N–H and O–H groups in total. The number of rotatable bonds is 3. The zero-order valence-electron chi connectivity index (χ0n) is 17.5. The van der Waals surface area contributed by atoms with Crippen LogP contribution in [0.3, 0.4) is 0 Å². The predicted molar refractivity (Wildman–Crippen MR) is 118 cm³/mol. The van der Waals surface area contributed by atoms with Gasteiger partial charge < -0.3 is 5.32 Å². The Bertz CT molecular complexity index is 1130. The smallest absolute Gasteiger partial charge is 0.255 e. The van der Waals surface area contributed by atoms with Crippen LogP contribution in [-0.2, 0) is 9.59 Å². The molecule has 1 heterocycles. The Balaban J connectivity index is 1.23. The van der Waals surface area contributed by atoms with E-state index in [0.717, 1.165) is 23.2 Å². The van der Waals surface area contributed by atoms with Gasteiger partial charge in [-0.1, -0.05) is 29.8 Å². The quantitative estimate of drug-likeness (QED) is 0.609. The van der Waals surface area contributed by atoms with Crippen LogP contribution in [0.4, 0.5) is 11.4 Å². The lowest BCUT2D eigenvalue weighted by Gasteiger charge is -2.37. The van der Waals surface area contributed by atoms with Crippen molar-refractivity contribution in [3.63, 3.8) is 0 Å². The van der Waals surface area contributed by atoms with Crippen LogP contribution in [0.25, 0.3) is 0 Å². The first-order chi connectivity index (χ1) is 14.9. The molecule has 6 atom stereocenters. The van der Waals surface area contributed by atoms with Gasteiger partial charge in [-0.2, -0.15) is 0 Å². The van der Waals surface area contributed by atoms with Crippen molar-refractivity contribution in [2.75, 3.05) is 10.2 Å². The minimum atomic E-state index is -0.214. The molecule has 1 saturated heterocycles. The molecule has 2 saturated carbocycles. The van der Waals surface area contributed by atoms with Crippen LogP contribution in [0, 0.1) is 49.4 Å². The summed E-state index contributed by atoms with van der Waals surface area (Å²) in [6.45, 7) is 3.97. The second-order valence-corrected chi connectivity index (χ2v) is 9.49. The van der Waals surface area contributed by atoms with Crippen LogP contribution in [0.5, 0.6) is 0 Å². The summed E-state index contributed by atoms with van der Waals surface area (Å²) in [5.41, 5.74) is 3.96. The van der Waals surface area contributed by atoms with Gasteiger partial charge in [0.05, 0.1) is 17.5 Å². The van der Waals surface area contributed by atoms with E-state index < -0.39 is 0 Å². The second-order valence-electron chi connectivity index (χ2n) is 9.49. The van der Waals surface area contributed by atoms with Gasteiger partial charge >= 0.3 is 0 Å². The van der Waals surface area contributed by atoms with Gasteiger partial charge in [-0.25, -0.2) is 0 Å². The summed E-state index contributed by atoms with van der Waals surface area (Å²) < 4.78 is 0. The van der Waals surface area contributed by atoms with Crippen molar-refractivity contribution in [2.24, 2.45) is 35.5 Å². The van der Waals surface area contributed by atoms with Gasteiger partial charge in [0, 0.05) is 11.3 Å². The van der Waals surface area contributed by atoms with Crippen LogP contribution >= 0.6 is 0 Å². The number of hydrogen-bond acceptors (Lipinski definition) is 3. The maximum atomic E-state index is 13.2. The van der Waals surface area contributed by atoms with E-state index in [9.17, 15) is 14.4 Å².